The van der Waals surface area contributed by atoms with Crippen LogP contribution in [0.5, 0.6) is 5.75 Å². The summed E-state index contributed by atoms with van der Waals surface area (Å²) in [5.74, 6) is 0.914. The van der Waals surface area contributed by atoms with E-state index in [-0.39, 0.29) is 30.3 Å². The molecule has 0 aromatic heterocycles. The van der Waals surface area contributed by atoms with Crippen LogP contribution in [0.15, 0.2) is 54.6 Å². The third-order valence-corrected chi connectivity index (χ3v) is 4.30. The molecule has 0 aliphatic carbocycles. The van der Waals surface area contributed by atoms with Crippen LogP contribution in [0.2, 0.25) is 0 Å². The Bertz CT molecular complexity index is 657. The molecule has 1 amide bonds. The molecule has 128 valence electrons. The van der Waals surface area contributed by atoms with E-state index < -0.39 is 0 Å². The average Bonchev–Trinajstić information content (AvgIpc) is 3.15. The minimum absolute atomic E-state index is 0. The smallest absolute Gasteiger partial charge is 0.225 e. The van der Waals surface area contributed by atoms with Crippen LogP contribution in [-0.4, -0.2) is 26.1 Å². The first-order chi connectivity index (χ1) is 11.3. The van der Waals surface area contributed by atoms with Gasteiger partial charge in [-0.15, -0.1) is 12.4 Å². The van der Waals surface area contributed by atoms with E-state index in [2.05, 4.69) is 10.6 Å². The van der Waals surface area contributed by atoms with Gasteiger partial charge in [0.2, 0.25) is 5.91 Å². The van der Waals surface area contributed by atoms with Crippen molar-refractivity contribution in [3.8, 4) is 5.75 Å². The second kappa shape index (κ2) is 8.71. The summed E-state index contributed by atoms with van der Waals surface area (Å²) < 4.78 is 5.49. The molecular formula is C19H23ClN2O2. The van der Waals surface area contributed by atoms with E-state index in [0.717, 1.165) is 36.4 Å². The van der Waals surface area contributed by atoms with Crippen LogP contribution in [0.4, 0.5) is 0 Å². The molecule has 1 aliphatic heterocycles. The SMILES string of the molecule is COc1ccccc1C(NC(=O)C1CCNC1)c1ccccc1.Cl. The number of amides is 1. The number of carbonyl (C=O) groups is 1. The minimum atomic E-state index is -0.208. The number of rotatable bonds is 5. The average molecular weight is 347 g/mol. The van der Waals surface area contributed by atoms with Crippen LogP contribution >= 0.6 is 12.4 Å². The molecule has 1 fully saturated rings. The van der Waals surface area contributed by atoms with Crippen molar-refractivity contribution in [1.82, 2.24) is 10.6 Å². The van der Waals surface area contributed by atoms with Crippen molar-refractivity contribution >= 4 is 18.3 Å². The van der Waals surface area contributed by atoms with Gasteiger partial charge in [-0.3, -0.25) is 4.79 Å². The summed E-state index contributed by atoms with van der Waals surface area (Å²) in [4.78, 5) is 12.6. The monoisotopic (exact) mass is 346 g/mol. The predicted molar refractivity (Wildman–Crippen MR) is 97.6 cm³/mol. The number of para-hydroxylation sites is 1. The standard InChI is InChI=1S/C19H22N2O2.ClH/c1-23-17-10-6-5-9-16(17)18(14-7-3-2-4-8-14)21-19(22)15-11-12-20-13-15;/h2-10,15,18,20H,11-13H2,1H3,(H,21,22);1H. The molecule has 2 unspecified atom stereocenters. The fourth-order valence-electron chi connectivity index (χ4n) is 3.03. The van der Waals surface area contributed by atoms with Crippen LogP contribution < -0.4 is 15.4 Å². The Hall–Kier alpha value is -2.04. The van der Waals surface area contributed by atoms with Gasteiger partial charge in [0, 0.05) is 12.1 Å². The third kappa shape index (κ3) is 4.08. The van der Waals surface area contributed by atoms with Crippen molar-refractivity contribution in [1.29, 1.82) is 0 Å². The summed E-state index contributed by atoms with van der Waals surface area (Å²) in [6, 6.07) is 17.6. The number of nitrogens with one attached hydrogen (secondary N) is 2. The molecule has 4 nitrogen and oxygen atoms in total. The van der Waals surface area contributed by atoms with Gasteiger partial charge in [-0.1, -0.05) is 48.5 Å². The number of carbonyl (C=O) groups excluding carboxylic acids is 1. The number of methoxy groups -OCH3 is 1. The van der Waals surface area contributed by atoms with Crippen LogP contribution in [0.1, 0.15) is 23.6 Å². The molecule has 0 radical (unpaired) electrons. The highest BCUT2D eigenvalue weighted by Crippen LogP contribution is 2.30. The number of benzene rings is 2. The molecule has 0 spiro atoms. The van der Waals surface area contributed by atoms with Gasteiger partial charge in [0.15, 0.2) is 0 Å². The molecular weight excluding hydrogens is 324 g/mol. The Morgan fingerprint density at radius 1 is 1.17 bits per heavy atom. The van der Waals surface area contributed by atoms with E-state index in [1.807, 2.05) is 54.6 Å². The maximum atomic E-state index is 12.6. The second-order valence-corrected chi connectivity index (χ2v) is 5.78. The largest absolute Gasteiger partial charge is 0.496 e. The second-order valence-electron chi connectivity index (χ2n) is 5.78. The van der Waals surface area contributed by atoms with Gasteiger partial charge in [-0.05, 0) is 24.6 Å². The Balaban J connectivity index is 0.00000208. The van der Waals surface area contributed by atoms with Gasteiger partial charge in [-0.25, -0.2) is 0 Å². The highest BCUT2D eigenvalue weighted by atomic mass is 35.5. The van der Waals surface area contributed by atoms with Crippen molar-refractivity contribution in [2.75, 3.05) is 20.2 Å². The molecule has 0 bridgehead atoms. The lowest BCUT2D eigenvalue weighted by Gasteiger charge is -2.23. The Labute approximate surface area is 149 Å². The topological polar surface area (TPSA) is 50.4 Å². The maximum Gasteiger partial charge on any atom is 0.225 e. The normalized spacial score (nSPS) is 17.6. The molecule has 2 aromatic rings. The molecule has 0 saturated carbocycles. The first kappa shape index (κ1) is 18.3. The Kier molecular flexibility index (Phi) is 6.64. The third-order valence-electron chi connectivity index (χ3n) is 4.30. The van der Waals surface area contributed by atoms with E-state index in [9.17, 15) is 4.79 Å². The number of halogens is 1. The lowest BCUT2D eigenvalue weighted by atomic mass is 9.96. The zero-order chi connectivity index (χ0) is 16.1. The van der Waals surface area contributed by atoms with Crippen LogP contribution in [0.25, 0.3) is 0 Å². The van der Waals surface area contributed by atoms with Gasteiger partial charge < -0.3 is 15.4 Å². The molecule has 1 heterocycles. The van der Waals surface area contributed by atoms with E-state index in [0.29, 0.717) is 0 Å². The fourth-order valence-corrected chi connectivity index (χ4v) is 3.03. The highest BCUT2D eigenvalue weighted by Gasteiger charge is 2.26. The summed E-state index contributed by atoms with van der Waals surface area (Å²) in [7, 11) is 1.66. The van der Waals surface area contributed by atoms with Crippen molar-refractivity contribution in [2.45, 2.75) is 12.5 Å². The molecule has 2 aromatic carbocycles. The van der Waals surface area contributed by atoms with E-state index in [4.69, 9.17) is 4.74 Å². The van der Waals surface area contributed by atoms with Gasteiger partial charge in [0.05, 0.1) is 19.1 Å². The van der Waals surface area contributed by atoms with Gasteiger partial charge in [-0.2, -0.15) is 0 Å². The van der Waals surface area contributed by atoms with Crippen molar-refractivity contribution in [3.05, 3.63) is 65.7 Å². The van der Waals surface area contributed by atoms with Gasteiger partial charge >= 0.3 is 0 Å². The number of hydrogen-bond acceptors (Lipinski definition) is 3. The quantitative estimate of drug-likeness (QED) is 0.875. The van der Waals surface area contributed by atoms with E-state index >= 15 is 0 Å². The first-order valence-electron chi connectivity index (χ1n) is 7.98. The highest BCUT2D eigenvalue weighted by molar-refractivity contribution is 5.85. The summed E-state index contributed by atoms with van der Waals surface area (Å²) >= 11 is 0. The summed E-state index contributed by atoms with van der Waals surface area (Å²) in [5.41, 5.74) is 2.02. The van der Waals surface area contributed by atoms with E-state index in [1.54, 1.807) is 7.11 Å². The molecule has 5 heteroatoms. The van der Waals surface area contributed by atoms with Crippen LogP contribution in [0.3, 0.4) is 0 Å². The first-order valence-corrected chi connectivity index (χ1v) is 7.98. The number of hydrogen-bond donors (Lipinski definition) is 2. The molecule has 2 atom stereocenters. The fraction of sp³-hybridized carbons (Fsp3) is 0.316. The lowest BCUT2D eigenvalue weighted by molar-refractivity contribution is -0.124. The summed E-state index contributed by atoms with van der Waals surface area (Å²) in [6.07, 6.45) is 0.888. The number of ether oxygens (including phenoxy) is 1. The Morgan fingerprint density at radius 3 is 2.54 bits per heavy atom. The summed E-state index contributed by atoms with van der Waals surface area (Å²) in [6.45, 7) is 1.65. The zero-order valence-corrected chi connectivity index (χ0v) is 14.5. The molecule has 24 heavy (non-hydrogen) atoms. The van der Waals surface area contributed by atoms with Crippen LogP contribution in [-0.2, 0) is 4.79 Å². The van der Waals surface area contributed by atoms with Crippen LogP contribution in [0, 0.1) is 5.92 Å². The summed E-state index contributed by atoms with van der Waals surface area (Å²) in [5, 5.41) is 6.45. The van der Waals surface area contributed by atoms with Crippen molar-refractivity contribution < 1.29 is 9.53 Å². The van der Waals surface area contributed by atoms with Crippen molar-refractivity contribution in [3.63, 3.8) is 0 Å². The molecule has 3 rings (SSSR count). The molecule has 2 N–H and O–H groups in total. The minimum Gasteiger partial charge on any atom is -0.496 e. The maximum absolute atomic E-state index is 12.6. The molecule has 1 saturated heterocycles. The van der Waals surface area contributed by atoms with E-state index in [1.165, 1.54) is 0 Å². The van der Waals surface area contributed by atoms with Gasteiger partial charge in [0.25, 0.3) is 0 Å². The lowest BCUT2D eigenvalue weighted by Crippen LogP contribution is -2.35. The van der Waals surface area contributed by atoms with Gasteiger partial charge in [0.1, 0.15) is 5.75 Å². The zero-order valence-electron chi connectivity index (χ0n) is 13.7. The molecule has 1 aliphatic rings. The Morgan fingerprint density at radius 2 is 1.88 bits per heavy atom. The van der Waals surface area contributed by atoms with Crippen molar-refractivity contribution in [2.24, 2.45) is 5.92 Å². The predicted octanol–water partition coefficient (Wildman–Crippen LogP) is 2.93.